The largest absolute Gasteiger partial charge is 0.534 e. The van der Waals surface area contributed by atoms with Crippen LogP contribution in [0.5, 0.6) is 5.75 Å². The molecule has 0 bridgehead atoms. The van der Waals surface area contributed by atoms with E-state index >= 15 is 0 Å². The maximum absolute atomic E-state index is 12.2. The molecular weight excluding hydrogens is 388 g/mol. The van der Waals surface area contributed by atoms with Crippen molar-refractivity contribution in [2.45, 2.75) is 18.5 Å². The minimum atomic E-state index is -5.73. The molecule has 0 unspecified atom stereocenters. The van der Waals surface area contributed by atoms with E-state index in [2.05, 4.69) is 4.18 Å². The van der Waals surface area contributed by atoms with Gasteiger partial charge in [-0.15, -0.1) is 0 Å². The maximum Gasteiger partial charge on any atom is 0.534 e. The summed E-state index contributed by atoms with van der Waals surface area (Å²) in [6.07, 6.45) is -1.15. The van der Waals surface area contributed by atoms with Crippen LogP contribution in [0.25, 0.3) is 0 Å². The van der Waals surface area contributed by atoms with Crippen molar-refractivity contribution in [2.75, 3.05) is 0 Å². The third-order valence-corrected chi connectivity index (χ3v) is 3.54. The van der Waals surface area contributed by atoms with Gasteiger partial charge in [0.25, 0.3) is 0 Å². The van der Waals surface area contributed by atoms with Gasteiger partial charge in [0.05, 0.1) is 6.10 Å². The second-order valence-electron chi connectivity index (χ2n) is 3.34. The highest BCUT2D eigenvalue weighted by Gasteiger charge is 2.48. The Morgan fingerprint density at radius 2 is 1.94 bits per heavy atom. The normalized spacial score (nSPS) is 14.3. The molecular formula is C9H8F3IO4S. The Balaban J connectivity index is 3.21. The Hall–Kier alpha value is -0.550. The quantitative estimate of drug-likeness (QED) is 0.485. The molecule has 1 atom stereocenters. The lowest BCUT2D eigenvalue weighted by Crippen LogP contribution is -2.28. The zero-order valence-electron chi connectivity index (χ0n) is 8.90. The van der Waals surface area contributed by atoms with Gasteiger partial charge in [-0.3, -0.25) is 0 Å². The monoisotopic (exact) mass is 396 g/mol. The van der Waals surface area contributed by atoms with Crippen LogP contribution in [0.15, 0.2) is 18.2 Å². The molecule has 18 heavy (non-hydrogen) atoms. The lowest BCUT2D eigenvalue weighted by Gasteiger charge is -2.14. The lowest BCUT2D eigenvalue weighted by molar-refractivity contribution is -0.0500. The Labute approximate surface area is 115 Å². The first-order valence-corrected chi connectivity index (χ1v) is 7.01. The molecule has 0 saturated heterocycles. The minimum absolute atomic E-state index is 0.0327. The van der Waals surface area contributed by atoms with Gasteiger partial charge in [-0.2, -0.15) is 21.6 Å². The summed E-state index contributed by atoms with van der Waals surface area (Å²) in [5.74, 6) is -0.539. The van der Waals surface area contributed by atoms with Gasteiger partial charge < -0.3 is 9.29 Å². The molecule has 9 heteroatoms. The van der Waals surface area contributed by atoms with Crippen LogP contribution in [0.4, 0.5) is 13.2 Å². The molecule has 1 rings (SSSR count). The summed E-state index contributed by atoms with van der Waals surface area (Å²) in [6.45, 7) is 1.29. The highest BCUT2D eigenvalue weighted by Crippen LogP contribution is 2.32. The van der Waals surface area contributed by atoms with Gasteiger partial charge in [-0.05, 0) is 47.7 Å². The molecule has 0 fully saturated rings. The molecule has 102 valence electrons. The fraction of sp³-hybridized carbons (Fsp3) is 0.333. The summed E-state index contributed by atoms with van der Waals surface area (Å²) in [5.41, 5.74) is -5.54. The molecule has 1 aromatic carbocycles. The van der Waals surface area contributed by atoms with E-state index in [9.17, 15) is 26.7 Å². The summed E-state index contributed by atoms with van der Waals surface area (Å²) < 4.78 is 62.8. The first-order chi connectivity index (χ1) is 8.04. The van der Waals surface area contributed by atoms with E-state index < -0.39 is 27.5 Å². The van der Waals surface area contributed by atoms with Crippen LogP contribution in [0.3, 0.4) is 0 Å². The van der Waals surface area contributed by atoms with Crippen molar-refractivity contribution in [1.29, 1.82) is 0 Å². The van der Waals surface area contributed by atoms with Gasteiger partial charge in [-0.1, -0.05) is 0 Å². The van der Waals surface area contributed by atoms with Crippen molar-refractivity contribution in [3.8, 4) is 5.75 Å². The maximum atomic E-state index is 12.2. The number of hydrogen-bond donors (Lipinski definition) is 1. The molecule has 1 N–H and O–H groups in total. The number of rotatable bonds is 3. The van der Waals surface area contributed by atoms with Crippen LogP contribution >= 0.6 is 22.6 Å². The van der Waals surface area contributed by atoms with Crippen molar-refractivity contribution in [3.63, 3.8) is 0 Å². The molecule has 0 spiro atoms. The van der Waals surface area contributed by atoms with E-state index in [1.54, 1.807) is 0 Å². The van der Waals surface area contributed by atoms with Gasteiger partial charge in [0.15, 0.2) is 0 Å². The van der Waals surface area contributed by atoms with Gasteiger partial charge in [0.1, 0.15) is 5.75 Å². The third kappa shape index (κ3) is 3.48. The van der Waals surface area contributed by atoms with Crippen LogP contribution < -0.4 is 4.18 Å². The van der Waals surface area contributed by atoms with Gasteiger partial charge in [0, 0.05) is 9.13 Å². The van der Waals surface area contributed by atoms with Gasteiger partial charge in [-0.25, -0.2) is 0 Å². The Bertz CT molecular complexity index is 539. The summed E-state index contributed by atoms with van der Waals surface area (Å²) in [5, 5.41) is 9.37. The minimum Gasteiger partial charge on any atom is -0.389 e. The summed E-state index contributed by atoms with van der Waals surface area (Å²) >= 11 is 1.87. The number of halogens is 4. The molecule has 0 heterocycles. The van der Waals surface area contributed by atoms with Crippen LogP contribution in [-0.4, -0.2) is 19.0 Å². The van der Waals surface area contributed by atoms with E-state index in [-0.39, 0.29) is 5.56 Å². The predicted octanol–water partition coefficient (Wildman–Crippen LogP) is 2.57. The molecule has 0 aliphatic heterocycles. The van der Waals surface area contributed by atoms with Crippen molar-refractivity contribution >= 4 is 32.7 Å². The number of aliphatic hydroxyl groups is 1. The fourth-order valence-corrected chi connectivity index (χ4v) is 2.09. The number of aliphatic hydroxyl groups excluding tert-OH is 1. The van der Waals surface area contributed by atoms with Crippen molar-refractivity contribution in [2.24, 2.45) is 0 Å². The first-order valence-electron chi connectivity index (χ1n) is 4.53. The molecule has 4 nitrogen and oxygen atoms in total. The SMILES string of the molecule is C[C@@H](O)c1cc(I)ccc1OS(=O)(=O)C(F)(F)F. The highest BCUT2D eigenvalue weighted by molar-refractivity contribution is 14.1. The zero-order valence-corrected chi connectivity index (χ0v) is 11.9. The topological polar surface area (TPSA) is 63.6 Å². The summed E-state index contributed by atoms with van der Waals surface area (Å²) in [4.78, 5) is 0. The van der Waals surface area contributed by atoms with Crippen LogP contribution in [0, 0.1) is 3.57 Å². The second-order valence-corrected chi connectivity index (χ2v) is 6.12. The fourth-order valence-electron chi connectivity index (χ4n) is 1.09. The standard InChI is InChI=1S/C9H8F3IO4S/c1-5(14)7-4-6(13)2-3-8(7)17-18(15,16)9(10,11)12/h2-5,14H,1H3/t5-/m1/s1. The summed E-state index contributed by atoms with van der Waals surface area (Å²) in [7, 11) is -5.73. The average Bonchev–Trinajstić information content (AvgIpc) is 2.18. The smallest absolute Gasteiger partial charge is 0.389 e. The summed E-state index contributed by atoms with van der Waals surface area (Å²) in [6, 6.07) is 3.77. The van der Waals surface area contributed by atoms with Crippen LogP contribution in [-0.2, 0) is 10.1 Å². The lowest BCUT2D eigenvalue weighted by atomic mass is 10.1. The molecule has 0 aliphatic carbocycles. The predicted molar refractivity (Wildman–Crippen MR) is 65.4 cm³/mol. The number of benzene rings is 1. The van der Waals surface area contributed by atoms with E-state index in [1.807, 2.05) is 22.6 Å². The Morgan fingerprint density at radius 1 is 1.39 bits per heavy atom. The first kappa shape index (κ1) is 15.5. The van der Waals surface area contributed by atoms with E-state index in [0.717, 1.165) is 6.07 Å². The molecule has 0 aliphatic rings. The van der Waals surface area contributed by atoms with Crippen molar-refractivity contribution in [1.82, 2.24) is 0 Å². The van der Waals surface area contributed by atoms with Crippen molar-refractivity contribution < 1.29 is 30.9 Å². The van der Waals surface area contributed by atoms with E-state index in [1.165, 1.54) is 19.1 Å². The average molecular weight is 396 g/mol. The van der Waals surface area contributed by atoms with Gasteiger partial charge in [0.2, 0.25) is 0 Å². The van der Waals surface area contributed by atoms with Crippen LogP contribution in [0.1, 0.15) is 18.6 Å². The molecule has 1 aromatic rings. The van der Waals surface area contributed by atoms with E-state index in [4.69, 9.17) is 0 Å². The van der Waals surface area contributed by atoms with Gasteiger partial charge >= 0.3 is 15.6 Å². The number of alkyl halides is 3. The molecule has 0 amide bonds. The molecule has 0 radical (unpaired) electrons. The molecule has 0 aromatic heterocycles. The number of hydrogen-bond acceptors (Lipinski definition) is 4. The third-order valence-electron chi connectivity index (χ3n) is 1.90. The van der Waals surface area contributed by atoms with E-state index in [0.29, 0.717) is 3.57 Å². The Kier molecular flexibility index (Phi) is 4.49. The zero-order chi connectivity index (χ0) is 14.1. The Morgan fingerprint density at radius 3 is 2.39 bits per heavy atom. The highest BCUT2D eigenvalue weighted by atomic mass is 127. The second kappa shape index (κ2) is 5.21. The van der Waals surface area contributed by atoms with Crippen molar-refractivity contribution in [3.05, 3.63) is 27.3 Å². The molecule has 0 saturated carbocycles. The van der Waals surface area contributed by atoms with Crippen LogP contribution in [0.2, 0.25) is 0 Å².